The van der Waals surface area contributed by atoms with Crippen molar-refractivity contribution in [2.45, 2.75) is 6.54 Å². The van der Waals surface area contributed by atoms with Crippen molar-refractivity contribution < 1.29 is 19.1 Å². The number of hydrogen-bond acceptors (Lipinski definition) is 6. The van der Waals surface area contributed by atoms with E-state index in [0.29, 0.717) is 23.4 Å². The minimum absolute atomic E-state index is 0.242. The minimum atomic E-state index is -1.05. The van der Waals surface area contributed by atoms with Crippen LogP contribution in [-0.4, -0.2) is 37.6 Å². The average Bonchev–Trinajstić information content (AvgIpc) is 3.15. The topological polar surface area (TPSA) is 111 Å². The fourth-order valence-corrected chi connectivity index (χ4v) is 1.93. The maximum atomic E-state index is 10.7. The number of tetrazole rings is 1. The second-order valence-electron chi connectivity index (χ2n) is 4.44. The van der Waals surface area contributed by atoms with Gasteiger partial charge in [0.2, 0.25) is 5.82 Å². The summed E-state index contributed by atoms with van der Waals surface area (Å²) in [6.07, 6.45) is 0.631. The van der Waals surface area contributed by atoms with E-state index in [4.69, 9.17) is 9.52 Å². The predicted octanol–water partition coefficient (Wildman–Crippen LogP) is 1.50. The Balaban J connectivity index is 1.92. The molecular formula is C14H10N4O4. The number of carbonyl (C=O) groups excluding carboxylic acids is 1. The molecule has 0 aliphatic rings. The highest BCUT2D eigenvalue weighted by molar-refractivity contribution is 5.74. The standard InChI is InChI=1S/C14H10N4O4/c19-8-11-4-5-12(22-11)9-2-1-3-10(6-9)14-15-17-18(16-14)7-13(20)21/h1-6,8H,7H2,(H,20,21). The Morgan fingerprint density at radius 2 is 2.09 bits per heavy atom. The third-order valence-electron chi connectivity index (χ3n) is 2.88. The normalized spacial score (nSPS) is 10.5. The number of carboxylic acids is 1. The summed E-state index contributed by atoms with van der Waals surface area (Å²) in [6.45, 7) is -0.354. The largest absolute Gasteiger partial charge is 0.480 e. The quantitative estimate of drug-likeness (QED) is 0.710. The number of furan rings is 1. The first-order valence-electron chi connectivity index (χ1n) is 6.31. The molecule has 0 bridgehead atoms. The van der Waals surface area contributed by atoms with Crippen LogP contribution >= 0.6 is 0 Å². The molecule has 1 N–H and O–H groups in total. The van der Waals surface area contributed by atoms with Gasteiger partial charge in [0.15, 0.2) is 18.6 Å². The van der Waals surface area contributed by atoms with Gasteiger partial charge in [0.1, 0.15) is 5.76 Å². The molecule has 0 aliphatic carbocycles. The maximum absolute atomic E-state index is 10.7. The van der Waals surface area contributed by atoms with Crippen LogP contribution in [0.1, 0.15) is 10.6 Å². The van der Waals surface area contributed by atoms with Gasteiger partial charge in [-0.25, -0.2) is 0 Å². The van der Waals surface area contributed by atoms with E-state index in [0.717, 1.165) is 10.4 Å². The lowest BCUT2D eigenvalue weighted by Gasteiger charge is -1.99. The lowest BCUT2D eigenvalue weighted by Crippen LogP contribution is -2.11. The van der Waals surface area contributed by atoms with Crippen molar-refractivity contribution in [2.24, 2.45) is 0 Å². The second kappa shape index (κ2) is 5.60. The number of benzene rings is 1. The van der Waals surface area contributed by atoms with E-state index in [1.165, 1.54) is 0 Å². The van der Waals surface area contributed by atoms with Gasteiger partial charge in [-0.05, 0) is 23.4 Å². The molecule has 0 radical (unpaired) electrons. The molecule has 2 heterocycles. The predicted molar refractivity (Wildman–Crippen MR) is 74.0 cm³/mol. The van der Waals surface area contributed by atoms with Crippen molar-refractivity contribution in [2.75, 3.05) is 0 Å². The van der Waals surface area contributed by atoms with E-state index in [1.54, 1.807) is 30.3 Å². The molecule has 0 fully saturated rings. The van der Waals surface area contributed by atoms with Gasteiger partial charge >= 0.3 is 5.97 Å². The van der Waals surface area contributed by atoms with Gasteiger partial charge in [0.25, 0.3) is 0 Å². The number of carboxylic acid groups (broad SMARTS) is 1. The Morgan fingerprint density at radius 3 is 2.82 bits per heavy atom. The third-order valence-corrected chi connectivity index (χ3v) is 2.88. The third kappa shape index (κ3) is 2.75. The van der Waals surface area contributed by atoms with Crippen molar-refractivity contribution >= 4 is 12.3 Å². The van der Waals surface area contributed by atoms with Crippen molar-refractivity contribution in [3.05, 3.63) is 42.2 Å². The molecule has 8 heteroatoms. The first-order valence-corrected chi connectivity index (χ1v) is 6.31. The first kappa shape index (κ1) is 13.7. The van der Waals surface area contributed by atoms with E-state index in [9.17, 15) is 9.59 Å². The van der Waals surface area contributed by atoms with Gasteiger partial charge in [-0.1, -0.05) is 18.2 Å². The highest BCUT2D eigenvalue weighted by Gasteiger charge is 2.10. The summed E-state index contributed by atoms with van der Waals surface area (Å²) in [6, 6.07) is 10.4. The Morgan fingerprint density at radius 1 is 1.27 bits per heavy atom. The molecule has 0 saturated heterocycles. The van der Waals surface area contributed by atoms with Gasteiger partial charge in [-0.2, -0.15) is 4.80 Å². The zero-order valence-corrected chi connectivity index (χ0v) is 11.2. The number of aromatic nitrogens is 4. The fraction of sp³-hybridized carbons (Fsp3) is 0.0714. The van der Waals surface area contributed by atoms with Crippen LogP contribution in [0, 0.1) is 0 Å². The molecule has 22 heavy (non-hydrogen) atoms. The molecule has 1 aromatic carbocycles. The Hall–Kier alpha value is -3.29. The summed E-state index contributed by atoms with van der Waals surface area (Å²) < 4.78 is 5.36. The number of aliphatic carboxylic acids is 1. The van der Waals surface area contributed by atoms with Crippen molar-refractivity contribution in [1.29, 1.82) is 0 Å². The summed E-state index contributed by atoms with van der Waals surface area (Å²) in [5, 5.41) is 20.2. The van der Waals surface area contributed by atoms with Gasteiger partial charge in [-0.3, -0.25) is 9.59 Å². The van der Waals surface area contributed by atoms with Crippen LogP contribution in [0.2, 0.25) is 0 Å². The average molecular weight is 298 g/mol. The van der Waals surface area contributed by atoms with Gasteiger partial charge < -0.3 is 9.52 Å². The minimum Gasteiger partial charge on any atom is -0.480 e. The van der Waals surface area contributed by atoms with Crippen LogP contribution in [0.25, 0.3) is 22.7 Å². The molecule has 0 spiro atoms. The molecule has 8 nitrogen and oxygen atoms in total. The molecule has 3 rings (SSSR count). The van der Waals surface area contributed by atoms with E-state index >= 15 is 0 Å². The lowest BCUT2D eigenvalue weighted by atomic mass is 10.1. The summed E-state index contributed by atoms with van der Waals surface area (Å²) in [4.78, 5) is 22.3. The van der Waals surface area contributed by atoms with Crippen LogP contribution in [0.4, 0.5) is 0 Å². The van der Waals surface area contributed by atoms with Crippen molar-refractivity contribution in [3.8, 4) is 22.7 Å². The molecule has 0 amide bonds. The van der Waals surface area contributed by atoms with Crippen molar-refractivity contribution in [1.82, 2.24) is 20.2 Å². The summed E-state index contributed by atoms with van der Waals surface area (Å²) >= 11 is 0. The van der Waals surface area contributed by atoms with E-state index in [-0.39, 0.29) is 12.3 Å². The van der Waals surface area contributed by atoms with Gasteiger partial charge in [0, 0.05) is 11.1 Å². The summed E-state index contributed by atoms with van der Waals surface area (Å²) in [5.41, 5.74) is 1.42. The van der Waals surface area contributed by atoms with Crippen LogP contribution in [0.15, 0.2) is 40.8 Å². The maximum Gasteiger partial charge on any atom is 0.327 e. The Labute approximate surface area is 124 Å². The monoisotopic (exact) mass is 298 g/mol. The smallest absolute Gasteiger partial charge is 0.327 e. The van der Waals surface area contributed by atoms with E-state index in [1.807, 2.05) is 6.07 Å². The first-order chi connectivity index (χ1) is 10.7. The zero-order chi connectivity index (χ0) is 15.5. The second-order valence-corrected chi connectivity index (χ2v) is 4.44. The zero-order valence-electron chi connectivity index (χ0n) is 11.2. The van der Waals surface area contributed by atoms with Crippen molar-refractivity contribution in [3.63, 3.8) is 0 Å². The number of hydrogen-bond donors (Lipinski definition) is 1. The van der Waals surface area contributed by atoms with Crippen LogP contribution < -0.4 is 0 Å². The van der Waals surface area contributed by atoms with Crippen LogP contribution in [-0.2, 0) is 11.3 Å². The van der Waals surface area contributed by atoms with E-state index in [2.05, 4.69) is 15.4 Å². The van der Waals surface area contributed by atoms with Crippen LogP contribution in [0.5, 0.6) is 0 Å². The van der Waals surface area contributed by atoms with Gasteiger partial charge in [0.05, 0.1) is 0 Å². The summed E-state index contributed by atoms with van der Waals surface area (Å²) in [7, 11) is 0. The SMILES string of the molecule is O=Cc1ccc(-c2cccc(-c3nnn(CC(=O)O)n3)c2)o1. The number of rotatable bonds is 5. The molecule has 3 aromatic rings. The number of aldehydes is 1. The van der Waals surface area contributed by atoms with Gasteiger partial charge in [-0.15, -0.1) is 10.2 Å². The number of nitrogens with zero attached hydrogens (tertiary/aromatic N) is 4. The molecule has 0 unspecified atom stereocenters. The molecule has 0 saturated carbocycles. The molecular weight excluding hydrogens is 288 g/mol. The fourth-order valence-electron chi connectivity index (χ4n) is 1.93. The Bertz CT molecular complexity index is 837. The van der Waals surface area contributed by atoms with E-state index < -0.39 is 5.97 Å². The number of carbonyl (C=O) groups is 2. The lowest BCUT2D eigenvalue weighted by molar-refractivity contribution is -0.138. The highest BCUT2D eigenvalue weighted by atomic mass is 16.4. The Kier molecular flexibility index (Phi) is 3.48. The summed E-state index contributed by atoms with van der Waals surface area (Å²) in [5.74, 6) is 0.0488. The molecule has 110 valence electrons. The highest BCUT2D eigenvalue weighted by Crippen LogP contribution is 2.25. The van der Waals surface area contributed by atoms with Crippen LogP contribution in [0.3, 0.4) is 0 Å². The molecule has 2 aromatic heterocycles. The molecule has 0 atom stereocenters. The molecule has 0 aliphatic heterocycles.